The molecular formula is C19H20FN3O2. The highest BCUT2D eigenvalue weighted by Crippen LogP contribution is 2.38. The van der Waals surface area contributed by atoms with Gasteiger partial charge in [0.15, 0.2) is 0 Å². The number of nitrogens with zero attached hydrogens (tertiary/aromatic N) is 3. The van der Waals surface area contributed by atoms with Gasteiger partial charge in [0.2, 0.25) is 0 Å². The number of piperidine rings is 1. The topological polar surface area (TPSA) is 55.2 Å². The van der Waals surface area contributed by atoms with E-state index < -0.39 is 5.82 Å². The molecule has 4 rings (SSSR count). The van der Waals surface area contributed by atoms with Crippen LogP contribution in [0.25, 0.3) is 0 Å². The van der Waals surface area contributed by atoms with Crippen LogP contribution in [0.3, 0.4) is 0 Å². The molecule has 25 heavy (non-hydrogen) atoms. The Bertz CT molecular complexity index is 852. The first-order valence-electron chi connectivity index (χ1n) is 8.76. The Balaban J connectivity index is 1.45. The smallest absolute Gasteiger partial charge is 0.267 e. The molecule has 0 bridgehead atoms. The van der Waals surface area contributed by atoms with Gasteiger partial charge in [0, 0.05) is 30.6 Å². The van der Waals surface area contributed by atoms with E-state index in [0.717, 1.165) is 18.5 Å². The molecule has 130 valence electrons. The number of benzene rings is 1. The van der Waals surface area contributed by atoms with Crippen molar-refractivity contribution < 1.29 is 9.18 Å². The molecular weight excluding hydrogens is 321 g/mol. The van der Waals surface area contributed by atoms with E-state index in [1.165, 1.54) is 12.1 Å². The summed E-state index contributed by atoms with van der Waals surface area (Å²) in [6.45, 7) is 1.09. The Kier molecular flexibility index (Phi) is 4.11. The van der Waals surface area contributed by atoms with Crippen LogP contribution in [0.2, 0.25) is 0 Å². The first kappa shape index (κ1) is 16.0. The first-order chi connectivity index (χ1) is 12.1. The van der Waals surface area contributed by atoms with Crippen LogP contribution in [0.1, 0.15) is 53.7 Å². The molecule has 1 aliphatic heterocycles. The largest absolute Gasteiger partial charge is 0.338 e. The third-order valence-electron chi connectivity index (χ3n) is 5.01. The Morgan fingerprint density at radius 2 is 1.84 bits per heavy atom. The maximum Gasteiger partial charge on any atom is 0.267 e. The minimum Gasteiger partial charge on any atom is -0.338 e. The summed E-state index contributed by atoms with van der Waals surface area (Å²) in [7, 11) is 0. The molecule has 1 aromatic carbocycles. The van der Waals surface area contributed by atoms with E-state index in [9.17, 15) is 14.0 Å². The van der Waals surface area contributed by atoms with Gasteiger partial charge in [-0.15, -0.1) is 0 Å². The fraction of sp³-hybridized carbons (Fsp3) is 0.421. The van der Waals surface area contributed by atoms with E-state index in [2.05, 4.69) is 5.10 Å². The van der Waals surface area contributed by atoms with Crippen LogP contribution in [0.5, 0.6) is 0 Å². The standard InChI is InChI=1S/C19H20FN3O2/c20-15-3-1-2-14(12-15)19(25)22-10-8-16(9-11-22)23-18(24)7-6-17(21-23)13-4-5-13/h1-3,6-7,12-13,16H,4-5,8-11H2. The summed E-state index contributed by atoms with van der Waals surface area (Å²) in [6, 6.07) is 9.21. The lowest BCUT2D eigenvalue weighted by atomic mass is 10.0. The van der Waals surface area contributed by atoms with Gasteiger partial charge in [-0.3, -0.25) is 9.59 Å². The highest BCUT2D eigenvalue weighted by molar-refractivity contribution is 5.94. The van der Waals surface area contributed by atoms with Gasteiger partial charge in [-0.1, -0.05) is 6.07 Å². The summed E-state index contributed by atoms with van der Waals surface area (Å²) in [5.41, 5.74) is 1.28. The number of halogens is 1. The summed E-state index contributed by atoms with van der Waals surface area (Å²) < 4.78 is 14.9. The van der Waals surface area contributed by atoms with E-state index in [1.807, 2.05) is 6.07 Å². The molecule has 2 fully saturated rings. The fourth-order valence-electron chi connectivity index (χ4n) is 3.42. The van der Waals surface area contributed by atoms with Crippen LogP contribution in [-0.2, 0) is 0 Å². The van der Waals surface area contributed by atoms with E-state index in [1.54, 1.807) is 27.8 Å². The summed E-state index contributed by atoms with van der Waals surface area (Å²) in [5.74, 6) is -0.0696. The fourth-order valence-corrected chi connectivity index (χ4v) is 3.42. The lowest BCUT2D eigenvalue weighted by Gasteiger charge is -2.32. The first-order valence-corrected chi connectivity index (χ1v) is 8.76. The Morgan fingerprint density at radius 1 is 1.08 bits per heavy atom. The lowest BCUT2D eigenvalue weighted by molar-refractivity contribution is 0.0687. The predicted molar refractivity (Wildman–Crippen MR) is 91.0 cm³/mol. The summed E-state index contributed by atoms with van der Waals surface area (Å²) in [5, 5.41) is 4.55. The Labute approximate surface area is 145 Å². The van der Waals surface area contributed by atoms with E-state index in [0.29, 0.717) is 37.4 Å². The second-order valence-electron chi connectivity index (χ2n) is 6.85. The van der Waals surface area contributed by atoms with Gasteiger partial charge in [0.1, 0.15) is 5.82 Å². The van der Waals surface area contributed by atoms with Crippen molar-refractivity contribution in [2.75, 3.05) is 13.1 Å². The van der Waals surface area contributed by atoms with Gasteiger partial charge in [0.25, 0.3) is 11.5 Å². The van der Waals surface area contributed by atoms with Crippen LogP contribution >= 0.6 is 0 Å². The molecule has 5 nitrogen and oxygen atoms in total. The molecule has 0 atom stereocenters. The van der Waals surface area contributed by atoms with Gasteiger partial charge in [-0.2, -0.15) is 5.10 Å². The van der Waals surface area contributed by atoms with E-state index in [-0.39, 0.29) is 17.5 Å². The van der Waals surface area contributed by atoms with Crippen molar-refractivity contribution in [2.45, 2.75) is 37.6 Å². The zero-order chi connectivity index (χ0) is 17.4. The number of likely N-dealkylation sites (tertiary alicyclic amines) is 1. The molecule has 1 saturated carbocycles. The molecule has 1 amide bonds. The summed E-state index contributed by atoms with van der Waals surface area (Å²) in [4.78, 5) is 26.4. The number of carbonyl (C=O) groups excluding carboxylic acids is 1. The molecule has 0 spiro atoms. The SMILES string of the molecule is O=C(c1cccc(F)c1)N1CCC(n2nc(C3CC3)ccc2=O)CC1. The van der Waals surface area contributed by atoms with E-state index >= 15 is 0 Å². The highest BCUT2D eigenvalue weighted by Gasteiger charge is 2.29. The Morgan fingerprint density at radius 3 is 2.52 bits per heavy atom. The highest BCUT2D eigenvalue weighted by atomic mass is 19.1. The van der Waals surface area contributed by atoms with Crippen molar-refractivity contribution in [1.82, 2.24) is 14.7 Å². The number of carbonyl (C=O) groups is 1. The third-order valence-corrected chi connectivity index (χ3v) is 5.01. The molecule has 2 aromatic rings. The van der Waals surface area contributed by atoms with Crippen LogP contribution < -0.4 is 5.56 Å². The zero-order valence-electron chi connectivity index (χ0n) is 13.9. The average Bonchev–Trinajstić information content (AvgIpc) is 3.47. The van der Waals surface area contributed by atoms with Crippen molar-refractivity contribution in [3.05, 3.63) is 63.8 Å². The number of hydrogen-bond donors (Lipinski definition) is 0. The lowest BCUT2D eigenvalue weighted by Crippen LogP contribution is -2.41. The molecule has 0 unspecified atom stereocenters. The predicted octanol–water partition coefficient (Wildman–Crippen LogP) is 2.74. The van der Waals surface area contributed by atoms with Crippen LogP contribution in [0.15, 0.2) is 41.2 Å². The molecule has 2 aliphatic rings. The average molecular weight is 341 g/mol. The second-order valence-corrected chi connectivity index (χ2v) is 6.85. The quantitative estimate of drug-likeness (QED) is 0.862. The molecule has 0 N–H and O–H groups in total. The zero-order valence-corrected chi connectivity index (χ0v) is 13.9. The maximum atomic E-state index is 13.3. The minimum absolute atomic E-state index is 0.0164. The normalized spacial score (nSPS) is 18.4. The summed E-state index contributed by atoms with van der Waals surface area (Å²) in [6.07, 6.45) is 3.65. The van der Waals surface area contributed by atoms with Crippen LogP contribution in [-0.4, -0.2) is 33.7 Å². The maximum absolute atomic E-state index is 13.3. The van der Waals surface area contributed by atoms with Gasteiger partial charge in [0.05, 0.1) is 11.7 Å². The molecule has 0 radical (unpaired) electrons. The van der Waals surface area contributed by atoms with Crippen molar-refractivity contribution in [3.8, 4) is 0 Å². The number of amides is 1. The van der Waals surface area contributed by atoms with Crippen molar-refractivity contribution in [3.63, 3.8) is 0 Å². The summed E-state index contributed by atoms with van der Waals surface area (Å²) >= 11 is 0. The molecule has 2 heterocycles. The third kappa shape index (κ3) is 3.34. The number of rotatable bonds is 3. The molecule has 1 aromatic heterocycles. The van der Waals surface area contributed by atoms with Gasteiger partial charge >= 0.3 is 0 Å². The van der Waals surface area contributed by atoms with Crippen LogP contribution in [0.4, 0.5) is 4.39 Å². The van der Waals surface area contributed by atoms with Gasteiger partial charge in [-0.25, -0.2) is 9.07 Å². The molecule has 1 aliphatic carbocycles. The molecule has 6 heteroatoms. The van der Waals surface area contributed by atoms with Crippen molar-refractivity contribution >= 4 is 5.91 Å². The molecule has 1 saturated heterocycles. The Hall–Kier alpha value is -2.50. The van der Waals surface area contributed by atoms with E-state index in [4.69, 9.17) is 0 Å². The monoisotopic (exact) mass is 341 g/mol. The number of aromatic nitrogens is 2. The van der Waals surface area contributed by atoms with Crippen LogP contribution in [0, 0.1) is 5.82 Å². The van der Waals surface area contributed by atoms with Gasteiger partial charge < -0.3 is 4.90 Å². The van der Waals surface area contributed by atoms with Gasteiger partial charge in [-0.05, 0) is 49.9 Å². The number of hydrogen-bond acceptors (Lipinski definition) is 3. The second kappa shape index (κ2) is 6.43. The van der Waals surface area contributed by atoms with Crippen molar-refractivity contribution in [2.24, 2.45) is 0 Å². The van der Waals surface area contributed by atoms with Crippen molar-refractivity contribution in [1.29, 1.82) is 0 Å². The minimum atomic E-state index is -0.409.